The third-order valence-electron chi connectivity index (χ3n) is 3.47. The molecule has 2 unspecified atom stereocenters. The Morgan fingerprint density at radius 2 is 1.82 bits per heavy atom. The molecule has 0 saturated carbocycles. The monoisotopic (exact) mass is 233 g/mol. The van der Waals surface area contributed by atoms with E-state index >= 15 is 0 Å². The molecule has 1 aliphatic heterocycles. The molecule has 1 heterocycles. The number of carbonyl (C=O) groups is 1. The van der Waals surface area contributed by atoms with Gasteiger partial charge in [0.05, 0.1) is 0 Å². The van der Waals surface area contributed by atoms with E-state index < -0.39 is 6.10 Å². The molecule has 0 spiro atoms. The summed E-state index contributed by atoms with van der Waals surface area (Å²) in [7, 11) is 0. The lowest BCUT2D eigenvalue weighted by Gasteiger charge is -2.24. The van der Waals surface area contributed by atoms with Crippen LogP contribution in [0.15, 0.2) is 30.3 Å². The zero-order chi connectivity index (χ0) is 12.3. The molecule has 0 aliphatic carbocycles. The standard InChI is InChI=1S/C14H19NO2/c1-11(12-7-3-2-4-8-12)13(16)14(17)15-9-5-6-10-15/h2-4,7-8,11,13,16H,5-6,9-10H2,1H3. The van der Waals surface area contributed by atoms with Crippen molar-refractivity contribution < 1.29 is 9.90 Å². The molecule has 1 aromatic rings. The second-order valence-corrected chi connectivity index (χ2v) is 4.68. The smallest absolute Gasteiger partial charge is 0.252 e. The predicted molar refractivity (Wildman–Crippen MR) is 66.7 cm³/mol. The highest BCUT2D eigenvalue weighted by atomic mass is 16.3. The van der Waals surface area contributed by atoms with E-state index in [0.717, 1.165) is 31.5 Å². The molecule has 0 bridgehead atoms. The fourth-order valence-electron chi connectivity index (χ4n) is 2.28. The van der Waals surface area contributed by atoms with Crippen molar-refractivity contribution in [2.45, 2.75) is 31.8 Å². The van der Waals surface area contributed by atoms with Gasteiger partial charge in [-0.15, -0.1) is 0 Å². The Balaban J connectivity index is 2.04. The van der Waals surface area contributed by atoms with Crippen LogP contribution in [0.1, 0.15) is 31.2 Å². The van der Waals surface area contributed by atoms with Crippen LogP contribution in [-0.4, -0.2) is 35.1 Å². The molecule has 3 nitrogen and oxygen atoms in total. The van der Waals surface area contributed by atoms with Gasteiger partial charge in [0.1, 0.15) is 6.10 Å². The van der Waals surface area contributed by atoms with Crippen LogP contribution in [0.25, 0.3) is 0 Å². The zero-order valence-corrected chi connectivity index (χ0v) is 10.2. The van der Waals surface area contributed by atoms with Gasteiger partial charge in [0.15, 0.2) is 0 Å². The van der Waals surface area contributed by atoms with Crippen molar-refractivity contribution in [3.63, 3.8) is 0 Å². The van der Waals surface area contributed by atoms with Gasteiger partial charge < -0.3 is 10.0 Å². The summed E-state index contributed by atoms with van der Waals surface area (Å²) in [6.07, 6.45) is 1.19. The molecule has 1 amide bonds. The van der Waals surface area contributed by atoms with Gasteiger partial charge in [-0.2, -0.15) is 0 Å². The van der Waals surface area contributed by atoms with Crippen LogP contribution in [-0.2, 0) is 4.79 Å². The number of aliphatic hydroxyl groups excluding tert-OH is 1. The first-order valence-corrected chi connectivity index (χ1v) is 6.22. The van der Waals surface area contributed by atoms with Crippen molar-refractivity contribution in [2.75, 3.05) is 13.1 Å². The number of carbonyl (C=O) groups excluding carboxylic acids is 1. The van der Waals surface area contributed by atoms with Crippen LogP contribution in [0.5, 0.6) is 0 Å². The molecular formula is C14H19NO2. The Morgan fingerprint density at radius 3 is 2.41 bits per heavy atom. The van der Waals surface area contributed by atoms with Crippen LogP contribution >= 0.6 is 0 Å². The van der Waals surface area contributed by atoms with Gasteiger partial charge in [-0.05, 0) is 18.4 Å². The van der Waals surface area contributed by atoms with E-state index in [1.807, 2.05) is 37.3 Å². The minimum absolute atomic E-state index is 0.126. The van der Waals surface area contributed by atoms with Crippen molar-refractivity contribution >= 4 is 5.91 Å². The van der Waals surface area contributed by atoms with Crippen LogP contribution < -0.4 is 0 Å². The maximum atomic E-state index is 12.0. The zero-order valence-electron chi connectivity index (χ0n) is 10.2. The molecule has 1 aliphatic rings. The highest BCUT2D eigenvalue weighted by Gasteiger charge is 2.29. The Morgan fingerprint density at radius 1 is 1.24 bits per heavy atom. The summed E-state index contributed by atoms with van der Waals surface area (Å²) < 4.78 is 0. The summed E-state index contributed by atoms with van der Waals surface area (Å²) in [4.78, 5) is 13.8. The normalized spacial score (nSPS) is 19.1. The Hall–Kier alpha value is -1.35. The first-order chi connectivity index (χ1) is 8.20. The van der Waals surface area contributed by atoms with Crippen molar-refractivity contribution in [2.24, 2.45) is 0 Å². The van der Waals surface area contributed by atoms with Crippen LogP contribution in [0.4, 0.5) is 0 Å². The molecule has 1 fully saturated rings. The van der Waals surface area contributed by atoms with E-state index in [1.54, 1.807) is 4.90 Å². The number of hydrogen-bond donors (Lipinski definition) is 1. The molecule has 1 saturated heterocycles. The summed E-state index contributed by atoms with van der Waals surface area (Å²) in [5.74, 6) is -0.275. The highest BCUT2D eigenvalue weighted by Crippen LogP contribution is 2.21. The maximum Gasteiger partial charge on any atom is 0.252 e. The summed E-state index contributed by atoms with van der Waals surface area (Å²) in [6.45, 7) is 3.47. The lowest BCUT2D eigenvalue weighted by Crippen LogP contribution is -2.39. The number of hydrogen-bond acceptors (Lipinski definition) is 2. The quantitative estimate of drug-likeness (QED) is 0.864. The number of likely N-dealkylation sites (tertiary alicyclic amines) is 1. The van der Waals surface area contributed by atoms with Crippen LogP contribution in [0.3, 0.4) is 0 Å². The molecule has 17 heavy (non-hydrogen) atoms. The largest absolute Gasteiger partial charge is 0.383 e. The summed E-state index contributed by atoms with van der Waals surface area (Å²) >= 11 is 0. The summed E-state index contributed by atoms with van der Waals surface area (Å²) in [5.41, 5.74) is 1.01. The molecule has 1 aromatic carbocycles. The molecule has 0 radical (unpaired) electrons. The number of rotatable bonds is 3. The minimum Gasteiger partial charge on any atom is -0.383 e. The van der Waals surface area contributed by atoms with Gasteiger partial charge in [-0.1, -0.05) is 37.3 Å². The average Bonchev–Trinajstić information content (AvgIpc) is 2.91. The first-order valence-electron chi connectivity index (χ1n) is 6.22. The van der Waals surface area contributed by atoms with Gasteiger partial charge in [-0.25, -0.2) is 0 Å². The van der Waals surface area contributed by atoms with E-state index in [0.29, 0.717) is 0 Å². The fraction of sp³-hybridized carbons (Fsp3) is 0.500. The van der Waals surface area contributed by atoms with Gasteiger partial charge in [0, 0.05) is 19.0 Å². The number of benzene rings is 1. The lowest BCUT2D eigenvalue weighted by atomic mass is 9.94. The van der Waals surface area contributed by atoms with E-state index in [4.69, 9.17) is 0 Å². The third kappa shape index (κ3) is 2.67. The summed E-state index contributed by atoms with van der Waals surface area (Å²) in [6, 6.07) is 9.69. The van der Waals surface area contributed by atoms with Crippen molar-refractivity contribution in [1.82, 2.24) is 4.90 Å². The van der Waals surface area contributed by atoms with Crippen molar-refractivity contribution in [1.29, 1.82) is 0 Å². The highest BCUT2D eigenvalue weighted by molar-refractivity contribution is 5.82. The number of aliphatic hydroxyl groups is 1. The predicted octanol–water partition coefficient (Wildman–Crippen LogP) is 1.77. The molecule has 2 atom stereocenters. The second kappa shape index (κ2) is 5.32. The molecule has 92 valence electrons. The third-order valence-corrected chi connectivity index (χ3v) is 3.47. The second-order valence-electron chi connectivity index (χ2n) is 4.68. The molecule has 2 rings (SSSR count). The molecule has 1 N–H and O–H groups in total. The lowest BCUT2D eigenvalue weighted by molar-refractivity contribution is -0.140. The van der Waals surface area contributed by atoms with Crippen LogP contribution in [0, 0.1) is 0 Å². The maximum absolute atomic E-state index is 12.0. The van der Waals surface area contributed by atoms with Crippen LogP contribution in [0.2, 0.25) is 0 Å². The SMILES string of the molecule is CC(c1ccccc1)C(O)C(=O)N1CCCC1. The molecule has 0 aromatic heterocycles. The summed E-state index contributed by atoms with van der Waals surface area (Å²) in [5, 5.41) is 10.1. The first kappa shape index (κ1) is 12.1. The van der Waals surface area contributed by atoms with E-state index in [9.17, 15) is 9.90 Å². The Kier molecular flexibility index (Phi) is 3.79. The Labute approximate surface area is 102 Å². The van der Waals surface area contributed by atoms with Gasteiger partial charge in [0.25, 0.3) is 5.91 Å². The topological polar surface area (TPSA) is 40.5 Å². The van der Waals surface area contributed by atoms with E-state index in [-0.39, 0.29) is 11.8 Å². The fourth-order valence-corrected chi connectivity index (χ4v) is 2.28. The van der Waals surface area contributed by atoms with Crippen molar-refractivity contribution in [3.05, 3.63) is 35.9 Å². The molecular weight excluding hydrogens is 214 g/mol. The average molecular weight is 233 g/mol. The number of amides is 1. The molecule has 3 heteroatoms. The Bertz CT molecular complexity index is 371. The van der Waals surface area contributed by atoms with Gasteiger partial charge >= 0.3 is 0 Å². The number of nitrogens with zero attached hydrogens (tertiary/aromatic N) is 1. The minimum atomic E-state index is -0.921. The van der Waals surface area contributed by atoms with Gasteiger partial charge in [0.2, 0.25) is 0 Å². The van der Waals surface area contributed by atoms with Gasteiger partial charge in [-0.3, -0.25) is 4.79 Å². The van der Waals surface area contributed by atoms with E-state index in [2.05, 4.69) is 0 Å². The van der Waals surface area contributed by atoms with Crippen molar-refractivity contribution in [3.8, 4) is 0 Å². The van der Waals surface area contributed by atoms with E-state index in [1.165, 1.54) is 0 Å².